The van der Waals surface area contributed by atoms with Gasteiger partial charge in [0.05, 0.1) is 0 Å². The number of hydrogen-bond acceptors (Lipinski definition) is 2. The third kappa shape index (κ3) is 2.76. The van der Waals surface area contributed by atoms with Gasteiger partial charge in [0.25, 0.3) is 0 Å². The molecule has 0 spiro atoms. The van der Waals surface area contributed by atoms with Crippen molar-refractivity contribution in [2.75, 3.05) is 13.1 Å². The van der Waals surface area contributed by atoms with E-state index in [9.17, 15) is 0 Å². The van der Waals surface area contributed by atoms with Gasteiger partial charge >= 0.3 is 0 Å². The minimum atomic E-state index is 0.0909. The SMILES string of the molecule is CCNCC1(N)CCCC(C)C1. The van der Waals surface area contributed by atoms with Crippen LogP contribution in [0.1, 0.15) is 39.5 Å². The highest BCUT2D eigenvalue weighted by Gasteiger charge is 2.29. The fraction of sp³-hybridized carbons (Fsp3) is 1.00. The third-order valence-electron chi connectivity index (χ3n) is 2.85. The first-order valence-corrected chi connectivity index (χ1v) is 5.16. The average Bonchev–Trinajstić information content (AvgIpc) is 2.01. The van der Waals surface area contributed by atoms with Gasteiger partial charge in [-0.1, -0.05) is 26.7 Å². The van der Waals surface area contributed by atoms with Gasteiger partial charge in [0.1, 0.15) is 0 Å². The fourth-order valence-corrected chi connectivity index (χ4v) is 2.24. The second-order valence-electron chi connectivity index (χ2n) is 4.34. The minimum absolute atomic E-state index is 0.0909. The first-order chi connectivity index (χ1) is 5.66. The zero-order valence-electron chi connectivity index (χ0n) is 8.40. The van der Waals surface area contributed by atoms with Gasteiger partial charge in [0.15, 0.2) is 0 Å². The molecule has 2 unspecified atom stereocenters. The average molecular weight is 170 g/mol. The summed E-state index contributed by atoms with van der Waals surface area (Å²) in [6, 6.07) is 0. The van der Waals surface area contributed by atoms with Crippen LogP contribution in [0, 0.1) is 5.92 Å². The van der Waals surface area contributed by atoms with Crippen LogP contribution in [0.25, 0.3) is 0 Å². The largest absolute Gasteiger partial charge is 0.324 e. The van der Waals surface area contributed by atoms with Gasteiger partial charge in [0, 0.05) is 12.1 Å². The lowest BCUT2D eigenvalue weighted by Crippen LogP contribution is -2.51. The van der Waals surface area contributed by atoms with Crippen LogP contribution in [-0.4, -0.2) is 18.6 Å². The molecule has 1 fully saturated rings. The van der Waals surface area contributed by atoms with Crippen LogP contribution in [0.4, 0.5) is 0 Å². The van der Waals surface area contributed by atoms with Crippen LogP contribution in [0.5, 0.6) is 0 Å². The monoisotopic (exact) mass is 170 g/mol. The molecule has 1 aliphatic rings. The quantitative estimate of drug-likeness (QED) is 0.673. The summed E-state index contributed by atoms with van der Waals surface area (Å²) >= 11 is 0. The van der Waals surface area contributed by atoms with E-state index in [1.165, 1.54) is 25.7 Å². The predicted molar refractivity (Wildman–Crippen MR) is 53.1 cm³/mol. The molecule has 0 bridgehead atoms. The van der Waals surface area contributed by atoms with Gasteiger partial charge in [-0.05, 0) is 25.3 Å². The van der Waals surface area contributed by atoms with Gasteiger partial charge in [-0.2, -0.15) is 0 Å². The molecule has 0 aliphatic heterocycles. The number of rotatable bonds is 3. The van der Waals surface area contributed by atoms with Gasteiger partial charge in [-0.15, -0.1) is 0 Å². The first-order valence-electron chi connectivity index (χ1n) is 5.16. The lowest BCUT2D eigenvalue weighted by molar-refractivity contribution is 0.231. The fourth-order valence-electron chi connectivity index (χ4n) is 2.24. The molecule has 12 heavy (non-hydrogen) atoms. The second-order valence-corrected chi connectivity index (χ2v) is 4.34. The summed E-state index contributed by atoms with van der Waals surface area (Å²) in [6.07, 6.45) is 5.07. The predicted octanol–water partition coefficient (Wildman–Crippen LogP) is 1.50. The standard InChI is InChI=1S/C10H22N2/c1-3-12-8-10(11)6-4-5-9(2)7-10/h9,12H,3-8,11H2,1-2H3. The Hall–Kier alpha value is -0.0800. The first kappa shape index (κ1) is 10.0. The molecule has 0 amide bonds. The van der Waals surface area contributed by atoms with Gasteiger partial charge in [-0.3, -0.25) is 0 Å². The maximum absolute atomic E-state index is 6.27. The van der Waals surface area contributed by atoms with Crippen LogP contribution in [0.2, 0.25) is 0 Å². The Bertz CT molecular complexity index is 136. The zero-order chi connectivity index (χ0) is 9.03. The highest BCUT2D eigenvalue weighted by molar-refractivity contribution is 4.91. The molecule has 2 atom stereocenters. The molecular formula is C10H22N2. The number of likely N-dealkylation sites (N-methyl/N-ethyl adjacent to an activating group) is 1. The topological polar surface area (TPSA) is 38.0 Å². The van der Waals surface area contributed by atoms with Crippen molar-refractivity contribution >= 4 is 0 Å². The van der Waals surface area contributed by atoms with E-state index < -0.39 is 0 Å². The molecule has 0 aromatic heterocycles. The van der Waals surface area contributed by atoms with Crippen LogP contribution < -0.4 is 11.1 Å². The summed E-state index contributed by atoms with van der Waals surface area (Å²) in [5.41, 5.74) is 6.36. The summed E-state index contributed by atoms with van der Waals surface area (Å²) in [5.74, 6) is 0.822. The molecule has 0 aromatic rings. The molecule has 3 N–H and O–H groups in total. The lowest BCUT2D eigenvalue weighted by Gasteiger charge is -2.36. The third-order valence-corrected chi connectivity index (χ3v) is 2.85. The van der Waals surface area contributed by atoms with Crippen LogP contribution in [-0.2, 0) is 0 Å². The molecule has 0 aromatic carbocycles. The van der Waals surface area contributed by atoms with E-state index in [4.69, 9.17) is 5.73 Å². The van der Waals surface area contributed by atoms with Crippen molar-refractivity contribution in [1.82, 2.24) is 5.32 Å². The van der Waals surface area contributed by atoms with Crippen LogP contribution in [0.3, 0.4) is 0 Å². The Morgan fingerprint density at radius 1 is 1.58 bits per heavy atom. The van der Waals surface area contributed by atoms with E-state index in [1.54, 1.807) is 0 Å². The summed E-state index contributed by atoms with van der Waals surface area (Å²) in [4.78, 5) is 0. The van der Waals surface area contributed by atoms with Gasteiger partial charge in [-0.25, -0.2) is 0 Å². The summed E-state index contributed by atoms with van der Waals surface area (Å²) in [5, 5.41) is 3.35. The van der Waals surface area contributed by atoms with E-state index in [0.29, 0.717) is 0 Å². The van der Waals surface area contributed by atoms with Crippen molar-refractivity contribution < 1.29 is 0 Å². The Labute approximate surface area is 75.9 Å². The van der Waals surface area contributed by atoms with Crippen molar-refractivity contribution in [3.63, 3.8) is 0 Å². The molecule has 2 nitrogen and oxygen atoms in total. The second kappa shape index (κ2) is 4.24. The maximum atomic E-state index is 6.27. The normalized spacial score (nSPS) is 36.8. The minimum Gasteiger partial charge on any atom is -0.324 e. The van der Waals surface area contributed by atoms with Crippen molar-refractivity contribution in [2.45, 2.75) is 45.1 Å². The van der Waals surface area contributed by atoms with Gasteiger partial charge < -0.3 is 11.1 Å². The molecule has 0 radical (unpaired) electrons. The smallest absolute Gasteiger partial charge is 0.0283 e. The van der Waals surface area contributed by atoms with Crippen LogP contribution >= 0.6 is 0 Å². The summed E-state index contributed by atoms with van der Waals surface area (Å²) in [6.45, 7) is 6.48. The van der Waals surface area contributed by atoms with Gasteiger partial charge in [0.2, 0.25) is 0 Å². The number of hydrogen-bond donors (Lipinski definition) is 2. The zero-order valence-corrected chi connectivity index (χ0v) is 8.40. The molecule has 2 heteroatoms. The Morgan fingerprint density at radius 2 is 2.33 bits per heavy atom. The Kier molecular flexibility index (Phi) is 3.53. The van der Waals surface area contributed by atoms with E-state index in [1.807, 2.05) is 0 Å². The number of nitrogens with one attached hydrogen (secondary N) is 1. The highest BCUT2D eigenvalue weighted by atomic mass is 14.9. The van der Waals surface area contributed by atoms with Crippen LogP contribution in [0.15, 0.2) is 0 Å². The van der Waals surface area contributed by atoms with Crippen molar-refractivity contribution in [3.8, 4) is 0 Å². The summed E-state index contributed by atoms with van der Waals surface area (Å²) < 4.78 is 0. The van der Waals surface area contributed by atoms with E-state index in [0.717, 1.165) is 19.0 Å². The summed E-state index contributed by atoms with van der Waals surface area (Å²) in [7, 11) is 0. The van der Waals surface area contributed by atoms with Crippen molar-refractivity contribution in [3.05, 3.63) is 0 Å². The lowest BCUT2D eigenvalue weighted by atomic mass is 9.77. The maximum Gasteiger partial charge on any atom is 0.0283 e. The molecule has 1 aliphatic carbocycles. The number of nitrogens with two attached hydrogens (primary N) is 1. The van der Waals surface area contributed by atoms with Crippen molar-refractivity contribution in [1.29, 1.82) is 0 Å². The Morgan fingerprint density at radius 3 is 2.92 bits per heavy atom. The highest BCUT2D eigenvalue weighted by Crippen LogP contribution is 2.29. The molecule has 0 saturated heterocycles. The Balaban J connectivity index is 2.35. The molecule has 1 saturated carbocycles. The molecule has 72 valence electrons. The van der Waals surface area contributed by atoms with E-state index in [-0.39, 0.29) is 5.54 Å². The molecule has 0 heterocycles. The molecular weight excluding hydrogens is 148 g/mol. The van der Waals surface area contributed by atoms with Crippen molar-refractivity contribution in [2.24, 2.45) is 11.7 Å². The van der Waals surface area contributed by atoms with E-state index >= 15 is 0 Å². The van der Waals surface area contributed by atoms with E-state index in [2.05, 4.69) is 19.2 Å². The molecule has 1 rings (SSSR count).